The number of anilines is 1. The summed E-state index contributed by atoms with van der Waals surface area (Å²) in [6, 6.07) is 3.78. The molecule has 0 unspecified atom stereocenters. The first-order valence-corrected chi connectivity index (χ1v) is 6.70. The monoisotopic (exact) mass is 325 g/mol. The fourth-order valence-electron chi connectivity index (χ4n) is 1.67. The molecule has 2 aromatic rings. The zero-order valence-corrected chi connectivity index (χ0v) is 12.7. The normalized spacial score (nSPS) is 11.6. The molecule has 7 heteroatoms. The van der Waals surface area contributed by atoms with Gasteiger partial charge in [0.25, 0.3) is 0 Å². The highest BCUT2D eigenvalue weighted by Crippen LogP contribution is 2.19. The van der Waals surface area contributed by atoms with Crippen LogP contribution < -0.4 is 10.6 Å². The predicted octanol–water partition coefficient (Wildman–Crippen LogP) is 1.68. The Kier molecular flexibility index (Phi) is 3.75. The van der Waals surface area contributed by atoms with Crippen LogP contribution in [0.2, 0.25) is 0 Å². The number of nitrogens with zero attached hydrogens (tertiary/aromatic N) is 3. The minimum atomic E-state index is -0.524. The summed E-state index contributed by atoms with van der Waals surface area (Å²) >= 11 is 3.42. The van der Waals surface area contributed by atoms with Crippen LogP contribution in [-0.2, 0) is 4.79 Å². The van der Waals surface area contributed by atoms with E-state index in [1.165, 1.54) is 0 Å². The molecule has 0 aromatic carbocycles. The van der Waals surface area contributed by atoms with Crippen LogP contribution in [-0.4, -0.2) is 34.1 Å². The molecule has 0 aliphatic carbocycles. The lowest BCUT2D eigenvalue weighted by Gasteiger charge is -2.22. The van der Waals surface area contributed by atoms with E-state index in [2.05, 4.69) is 36.6 Å². The summed E-state index contributed by atoms with van der Waals surface area (Å²) in [7, 11) is 1.63. The van der Waals surface area contributed by atoms with Crippen LogP contribution in [0, 0.1) is 5.41 Å². The van der Waals surface area contributed by atoms with Crippen molar-refractivity contribution in [2.75, 3.05) is 18.9 Å². The average Bonchev–Trinajstić information content (AvgIpc) is 2.80. The van der Waals surface area contributed by atoms with Crippen molar-refractivity contribution in [3.8, 4) is 0 Å². The van der Waals surface area contributed by atoms with Crippen LogP contribution in [0.5, 0.6) is 0 Å². The lowest BCUT2D eigenvalue weighted by atomic mass is 9.92. The van der Waals surface area contributed by atoms with Crippen molar-refractivity contribution in [1.29, 1.82) is 0 Å². The third kappa shape index (κ3) is 2.86. The van der Waals surface area contributed by atoms with Gasteiger partial charge < -0.3 is 10.6 Å². The minimum absolute atomic E-state index is 0.0232. The van der Waals surface area contributed by atoms with Crippen molar-refractivity contribution in [2.45, 2.75) is 13.8 Å². The smallest absolute Gasteiger partial charge is 0.243 e. The van der Waals surface area contributed by atoms with Crippen LogP contribution in [0.4, 0.5) is 5.95 Å². The SMILES string of the molecule is CNC(=O)C(C)(C)CNc1nc2c(Br)cccn2n1. The van der Waals surface area contributed by atoms with Gasteiger partial charge in [-0.2, -0.15) is 4.98 Å². The molecule has 0 saturated heterocycles. The number of aromatic nitrogens is 3. The standard InChI is InChI=1S/C12H16BrN5O/c1-12(2,10(19)14-3)7-15-11-16-9-8(13)5-4-6-18(9)17-11/h4-6H,7H2,1-3H3,(H,14,19)(H,15,17). The van der Waals surface area contributed by atoms with Crippen LogP contribution in [0.15, 0.2) is 22.8 Å². The van der Waals surface area contributed by atoms with E-state index in [-0.39, 0.29) is 5.91 Å². The van der Waals surface area contributed by atoms with Crippen molar-refractivity contribution < 1.29 is 4.79 Å². The number of amides is 1. The quantitative estimate of drug-likeness (QED) is 0.897. The van der Waals surface area contributed by atoms with Crippen LogP contribution >= 0.6 is 15.9 Å². The van der Waals surface area contributed by atoms with Gasteiger partial charge in [0, 0.05) is 19.8 Å². The Bertz CT molecular complexity index is 607. The van der Waals surface area contributed by atoms with E-state index in [0.29, 0.717) is 12.5 Å². The molecule has 102 valence electrons. The van der Waals surface area contributed by atoms with Gasteiger partial charge in [0.2, 0.25) is 11.9 Å². The molecule has 0 spiro atoms. The molecule has 19 heavy (non-hydrogen) atoms. The second-order valence-corrected chi connectivity index (χ2v) is 5.73. The zero-order chi connectivity index (χ0) is 14.0. The number of fused-ring (bicyclic) bond motifs is 1. The maximum Gasteiger partial charge on any atom is 0.243 e. The fraction of sp³-hybridized carbons (Fsp3) is 0.417. The number of carbonyl (C=O) groups is 1. The molecule has 0 aliphatic heterocycles. The Morgan fingerprint density at radius 3 is 2.89 bits per heavy atom. The number of nitrogens with one attached hydrogen (secondary N) is 2. The molecule has 2 heterocycles. The Labute approximate surface area is 119 Å². The highest BCUT2D eigenvalue weighted by Gasteiger charge is 2.26. The maximum absolute atomic E-state index is 11.7. The fourth-order valence-corrected chi connectivity index (χ4v) is 2.09. The second-order valence-electron chi connectivity index (χ2n) is 4.88. The van der Waals surface area contributed by atoms with Crippen LogP contribution in [0.25, 0.3) is 5.65 Å². The maximum atomic E-state index is 11.7. The highest BCUT2D eigenvalue weighted by molar-refractivity contribution is 9.10. The molecule has 2 aromatic heterocycles. The van der Waals surface area contributed by atoms with Crippen molar-refractivity contribution in [3.63, 3.8) is 0 Å². The van der Waals surface area contributed by atoms with E-state index in [9.17, 15) is 4.79 Å². The molecule has 0 radical (unpaired) electrons. The van der Waals surface area contributed by atoms with Gasteiger partial charge in [-0.25, -0.2) is 4.52 Å². The molecular formula is C12H16BrN5O. The zero-order valence-electron chi connectivity index (χ0n) is 11.1. The molecule has 1 amide bonds. The molecular weight excluding hydrogens is 310 g/mol. The highest BCUT2D eigenvalue weighted by atomic mass is 79.9. The van der Waals surface area contributed by atoms with E-state index in [1.807, 2.05) is 32.2 Å². The molecule has 2 N–H and O–H groups in total. The largest absolute Gasteiger partial charge is 0.359 e. The van der Waals surface area contributed by atoms with Crippen molar-refractivity contribution in [1.82, 2.24) is 19.9 Å². The molecule has 0 aliphatic rings. The van der Waals surface area contributed by atoms with Crippen molar-refractivity contribution >= 4 is 33.4 Å². The number of hydrogen-bond acceptors (Lipinski definition) is 4. The van der Waals surface area contributed by atoms with E-state index < -0.39 is 5.41 Å². The van der Waals surface area contributed by atoms with E-state index in [4.69, 9.17) is 0 Å². The lowest BCUT2D eigenvalue weighted by molar-refractivity contribution is -0.128. The second kappa shape index (κ2) is 5.16. The van der Waals surface area contributed by atoms with Crippen molar-refractivity contribution in [2.24, 2.45) is 5.41 Å². The first-order valence-electron chi connectivity index (χ1n) is 5.91. The Balaban J connectivity index is 2.14. The summed E-state index contributed by atoms with van der Waals surface area (Å²) < 4.78 is 2.56. The summed E-state index contributed by atoms with van der Waals surface area (Å²) in [5.41, 5.74) is 0.214. The third-order valence-corrected chi connectivity index (χ3v) is 3.46. The summed E-state index contributed by atoms with van der Waals surface area (Å²) in [5.74, 6) is 0.480. The third-order valence-electron chi connectivity index (χ3n) is 2.84. The molecule has 0 fully saturated rings. The summed E-state index contributed by atoms with van der Waals surface area (Å²) in [6.07, 6.45) is 1.82. The number of carbonyl (C=O) groups excluding carboxylic acids is 1. The average molecular weight is 326 g/mol. The summed E-state index contributed by atoms with van der Waals surface area (Å²) in [4.78, 5) is 16.0. The Hall–Kier alpha value is -1.63. The van der Waals surface area contributed by atoms with Crippen molar-refractivity contribution in [3.05, 3.63) is 22.8 Å². The van der Waals surface area contributed by atoms with Gasteiger partial charge >= 0.3 is 0 Å². The lowest BCUT2D eigenvalue weighted by Crippen LogP contribution is -2.39. The van der Waals surface area contributed by atoms with E-state index in [1.54, 1.807) is 11.6 Å². The van der Waals surface area contributed by atoms with Gasteiger partial charge in [-0.3, -0.25) is 4.79 Å². The number of hydrogen-bond donors (Lipinski definition) is 2. The summed E-state index contributed by atoms with van der Waals surface area (Å²) in [5, 5.41) is 10.0. The number of pyridine rings is 1. The molecule has 6 nitrogen and oxygen atoms in total. The van der Waals surface area contributed by atoms with Crippen LogP contribution in [0.3, 0.4) is 0 Å². The predicted molar refractivity (Wildman–Crippen MR) is 77.0 cm³/mol. The van der Waals surface area contributed by atoms with E-state index in [0.717, 1.165) is 10.1 Å². The molecule has 0 bridgehead atoms. The van der Waals surface area contributed by atoms with Gasteiger partial charge in [0.1, 0.15) is 0 Å². The topological polar surface area (TPSA) is 71.3 Å². The Morgan fingerprint density at radius 1 is 1.53 bits per heavy atom. The van der Waals surface area contributed by atoms with Crippen LogP contribution in [0.1, 0.15) is 13.8 Å². The first-order chi connectivity index (χ1) is 8.94. The van der Waals surface area contributed by atoms with Gasteiger partial charge in [0.05, 0.1) is 9.89 Å². The summed E-state index contributed by atoms with van der Waals surface area (Å²) in [6.45, 7) is 4.19. The first kappa shape index (κ1) is 13.8. The van der Waals surface area contributed by atoms with Gasteiger partial charge in [-0.15, -0.1) is 5.10 Å². The number of halogens is 1. The Morgan fingerprint density at radius 2 is 2.26 bits per heavy atom. The van der Waals surface area contributed by atoms with Gasteiger partial charge in [-0.05, 0) is 41.9 Å². The van der Waals surface area contributed by atoms with E-state index >= 15 is 0 Å². The van der Waals surface area contributed by atoms with Gasteiger partial charge in [0.15, 0.2) is 5.65 Å². The molecule has 0 atom stereocenters. The number of rotatable bonds is 4. The minimum Gasteiger partial charge on any atom is -0.359 e. The van der Waals surface area contributed by atoms with Gasteiger partial charge in [-0.1, -0.05) is 0 Å². The molecule has 2 rings (SSSR count). The molecule has 0 saturated carbocycles.